The molecule has 1 atom stereocenters. The van der Waals surface area contributed by atoms with Crippen LogP contribution in [0.1, 0.15) is 41.4 Å². The number of aromatic amines is 1. The van der Waals surface area contributed by atoms with Crippen molar-refractivity contribution in [3.63, 3.8) is 0 Å². The first-order chi connectivity index (χ1) is 15.4. The molecule has 0 aliphatic carbocycles. The molecule has 0 radical (unpaired) electrons. The van der Waals surface area contributed by atoms with Gasteiger partial charge in [0.05, 0.1) is 17.5 Å². The highest BCUT2D eigenvalue weighted by Gasteiger charge is 2.26. The number of nitrogens with one attached hydrogen (secondary N) is 4. The first kappa shape index (κ1) is 21.8. The Morgan fingerprint density at radius 1 is 1.25 bits per heavy atom. The van der Waals surface area contributed by atoms with Crippen LogP contribution in [0.4, 0.5) is 5.69 Å². The Morgan fingerprint density at radius 3 is 2.72 bits per heavy atom. The maximum atomic E-state index is 12.9. The number of fused-ring (bicyclic) bond motifs is 1. The summed E-state index contributed by atoms with van der Waals surface area (Å²) in [5.41, 5.74) is 2.79. The Bertz CT molecular complexity index is 1200. The number of likely N-dealkylation sites (tertiary alicyclic amines) is 1. The van der Waals surface area contributed by atoms with Gasteiger partial charge in [0, 0.05) is 42.6 Å². The zero-order valence-corrected chi connectivity index (χ0v) is 18.6. The maximum Gasteiger partial charge on any atom is 0.255 e. The Hall–Kier alpha value is -3.46. The number of amides is 2. The molecule has 1 aliphatic heterocycles. The fraction of sp³-hybridized carbons (Fsp3) is 0.318. The molecule has 2 amide bonds. The van der Waals surface area contributed by atoms with E-state index in [1.54, 1.807) is 37.1 Å². The summed E-state index contributed by atoms with van der Waals surface area (Å²) in [5, 5.41) is 14.9. The molecule has 0 bridgehead atoms. The van der Waals surface area contributed by atoms with Gasteiger partial charge in [-0.05, 0) is 38.0 Å². The third-order valence-electron chi connectivity index (χ3n) is 5.54. The molecule has 3 aromatic rings. The molecule has 2 aromatic heterocycles. The number of benzene rings is 1. The summed E-state index contributed by atoms with van der Waals surface area (Å²) in [6, 6.07) is 4.52. The Kier molecular flexibility index (Phi) is 6.09. The lowest BCUT2D eigenvalue weighted by molar-refractivity contribution is -0.131. The second-order valence-electron chi connectivity index (χ2n) is 7.70. The van der Waals surface area contributed by atoms with Crippen LogP contribution in [0.2, 0.25) is 5.02 Å². The van der Waals surface area contributed by atoms with Crippen LogP contribution >= 0.6 is 11.6 Å². The van der Waals surface area contributed by atoms with E-state index in [9.17, 15) is 9.59 Å². The first-order valence-electron chi connectivity index (χ1n) is 10.4. The number of hydrogen-bond acceptors (Lipinski definition) is 6. The van der Waals surface area contributed by atoms with Crippen molar-refractivity contribution in [3.05, 3.63) is 52.4 Å². The fourth-order valence-electron chi connectivity index (χ4n) is 3.81. The molecular formula is C22H24ClN7O2. The fourth-order valence-corrected chi connectivity index (χ4v) is 3.98. The lowest BCUT2D eigenvalue weighted by atomic mass is 10.1. The van der Waals surface area contributed by atoms with Gasteiger partial charge in [0.2, 0.25) is 5.91 Å². The topological polar surface area (TPSA) is 127 Å². The van der Waals surface area contributed by atoms with Crippen molar-refractivity contribution >= 4 is 46.0 Å². The highest BCUT2D eigenvalue weighted by atomic mass is 35.5. The first-order valence-corrected chi connectivity index (χ1v) is 10.8. The maximum absolute atomic E-state index is 12.9. The Balaban J connectivity index is 1.59. The highest BCUT2D eigenvalue weighted by Crippen LogP contribution is 2.24. The van der Waals surface area contributed by atoms with Crippen molar-refractivity contribution in [2.24, 2.45) is 0 Å². The van der Waals surface area contributed by atoms with Gasteiger partial charge in [-0.2, -0.15) is 0 Å². The molecule has 9 nitrogen and oxygen atoms in total. The van der Waals surface area contributed by atoms with Gasteiger partial charge < -0.3 is 20.5 Å². The Morgan fingerprint density at radius 2 is 2.00 bits per heavy atom. The zero-order chi connectivity index (χ0) is 22.8. The van der Waals surface area contributed by atoms with E-state index in [1.807, 2.05) is 0 Å². The van der Waals surface area contributed by atoms with Gasteiger partial charge in [0.15, 0.2) is 5.65 Å². The molecule has 0 spiro atoms. The standard InChI is InChI=1S/C22H24ClN7O2/c1-12(22(32)30-7-3-4-8-30)28-21(31)15-10-26-20-19(15)29-17(11-27-20)18(24)14-6-5-13(23)9-16(14)25-2/h5-6,9-12,24-25H,3-4,7-8H2,1-2H3,(H,26,27)(H,28,31)/t12-/m1/s1. The highest BCUT2D eigenvalue weighted by molar-refractivity contribution is 6.31. The van der Waals surface area contributed by atoms with Crippen molar-refractivity contribution in [2.75, 3.05) is 25.5 Å². The zero-order valence-electron chi connectivity index (χ0n) is 17.8. The third kappa shape index (κ3) is 4.16. The summed E-state index contributed by atoms with van der Waals surface area (Å²) in [7, 11) is 1.75. The third-order valence-corrected chi connectivity index (χ3v) is 5.77. The number of anilines is 1. The van der Waals surface area contributed by atoms with Gasteiger partial charge in [-0.3, -0.25) is 15.0 Å². The molecule has 4 rings (SSSR count). The predicted octanol–water partition coefficient (Wildman–Crippen LogP) is 2.81. The number of aromatic nitrogens is 3. The van der Waals surface area contributed by atoms with Gasteiger partial charge in [0.1, 0.15) is 17.3 Å². The lowest BCUT2D eigenvalue weighted by Crippen LogP contribution is -2.45. The molecule has 1 aromatic carbocycles. The SMILES string of the molecule is CNc1cc(Cl)ccc1C(=N)c1cnc2[nH]cc(C(=O)N[C@H](C)C(=O)N3CCCC3)c2n1. The van der Waals surface area contributed by atoms with E-state index in [0.717, 1.165) is 25.9 Å². The van der Waals surface area contributed by atoms with Crippen LogP contribution in [0, 0.1) is 5.41 Å². The molecule has 166 valence electrons. The number of carbonyl (C=O) groups is 2. The summed E-state index contributed by atoms with van der Waals surface area (Å²) in [5.74, 6) is -0.511. The van der Waals surface area contributed by atoms with E-state index in [4.69, 9.17) is 17.0 Å². The molecule has 4 N–H and O–H groups in total. The van der Waals surface area contributed by atoms with Crippen LogP contribution in [-0.2, 0) is 4.79 Å². The van der Waals surface area contributed by atoms with Crippen LogP contribution in [0.25, 0.3) is 11.2 Å². The molecule has 3 heterocycles. The molecule has 0 saturated carbocycles. The molecule has 0 unspecified atom stereocenters. The van der Waals surface area contributed by atoms with Crippen molar-refractivity contribution in [2.45, 2.75) is 25.8 Å². The second-order valence-corrected chi connectivity index (χ2v) is 8.13. The van der Waals surface area contributed by atoms with Gasteiger partial charge in [-0.15, -0.1) is 0 Å². The largest absolute Gasteiger partial charge is 0.388 e. The van der Waals surface area contributed by atoms with E-state index >= 15 is 0 Å². The van der Waals surface area contributed by atoms with Gasteiger partial charge in [-0.25, -0.2) is 9.97 Å². The van der Waals surface area contributed by atoms with Crippen molar-refractivity contribution in [1.29, 1.82) is 5.41 Å². The quantitative estimate of drug-likeness (QED) is 0.427. The lowest BCUT2D eigenvalue weighted by Gasteiger charge is -2.20. The summed E-state index contributed by atoms with van der Waals surface area (Å²) in [6.07, 6.45) is 4.97. The van der Waals surface area contributed by atoms with Crippen LogP contribution in [-0.4, -0.2) is 63.6 Å². The summed E-state index contributed by atoms with van der Waals surface area (Å²) in [6.45, 7) is 3.13. The van der Waals surface area contributed by atoms with Crippen molar-refractivity contribution in [1.82, 2.24) is 25.2 Å². The monoisotopic (exact) mass is 453 g/mol. The molecule has 32 heavy (non-hydrogen) atoms. The second kappa shape index (κ2) is 8.96. The van der Waals surface area contributed by atoms with Crippen LogP contribution in [0.5, 0.6) is 0 Å². The summed E-state index contributed by atoms with van der Waals surface area (Å²) >= 11 is 6.06. The molecule has 1 aliphatic rings. The number of nitrogens with zero attached hydrogens (tertiary/aromatic N) is 3. The minimum Gasteiger partial charge on any atom is -0.388 e. The molecule has 1 saturated heterocycles. The van der Waals surface area contributed by atoms with E-state index < -0.39 is 11.9 Å². The predicted molar refractivity (Wildman–Crippen MR) is 124 cm³/mol. The van der Waals surface area contributed by atoms with Crippen molar-refractivity contribution < 1.29 is 9.59 Å². The van der Waals surface area contributed by atoms with Crippen LogP contribution in [0.3, 0.4) is 0 Å². The van der Waals surface area contributed by atoms with Gasteiger partial charge in [-0.1, -0.05) is 11.6 Å². The normalized spacial score (nSPS) is 14.4. The molecule has 10 heteroatoms. The number of hydrogen-bond donors (Lipinski definition) is 4. The Labute approximate surface area is 190 Å². The van der Waals surface area contributed by atoms with Crippen LogP contribution < -0.4 is 10.6 Å². The summed E-state index contributed by atoms with van der Waals surface area (Å²) < 4.78 is 0. The van der Waals surface area contributed by atoms with Crippen LogP contribution in [0.15, 0.2) is 30.6 Å². The minimum atomic E-state index is -0.646. The average Bonchev–Trinajstić information content (AvgIpc) is 3.47. The van der Waals surface area contributed by atoms with Crippen molar-refractivity contribution in [3.8, 4) is 0 Å². The number of carbonyl (C=O) groups excluding carboxylic acids is 2. The number of halogens is 1. The van der Waals surface area contributed by atoms with E-state index in [-0.39, 0.29) is 17.2 Å². The van der Waals surface area contributed by atoms with E-state index in [1.165, 1.54) is 12.4 Å². The molecule has 1 fully saturated rings. The van der Waals surface area contributed by atoms with E-state index in [0.29, 0.717) is 33.1 Å². The smallest absolute Gasteiger partial charge is 0.255 e. The minimum absolute atomic E-state index is 0.0911. The van der Waals surface area contributed by atoms with Gasteiger partial charge >= 0.3 is 0 Å². The number of rotatable bonds is 6. The van der Waals surface area contributed by atoms with Gasteiger partial charge in [0.25, 0.3) is 5.91 Å². The summed E-state index contributed by atoms with van der Waals surface area (Å²) in [4.78, 5) is 39.0. The number of H-pyrrole nitrogens is 1. The average molecular weight is 454 g/mol. The molecular weight excluding hydrogens is 430 g/mol. The van der Waals surface area contributed by atoms with E-state index in [2.05, 4.69) is 25.6 Å².